The van der Waals surface area contributed by atoms with E-state index in [2.05, 4.69) is 150 Å². The molecule has 4 nitrogen and oxygen atoms in total. The Morgan fingerprint density at radius 3 is 1.51 bits per heavy atom. The Hall–Kier alpha value is -6.91. The predicted octanol–water partition coefficient (Wildman–Crippen LogP) is 11.8. The second-order valence-corrected chi connectivity index (χ2v) is 12.9. The molecular weight excluding hydrogens is 621 g/mol. The third-order valence-electron chi connectivity index (χ3n) is 9.77. The molecule has 0 amide bonds. The molecule has 0 bridgehead atoms. The highest BCUT2D eigenvalue weighted by molar-refractivity contribution is 6.03. The minimum atomic E-state index is 0.692. The number of nitrogens with zero attached hydrogens (tertiary/aromatic N) is 4. The lowest BCUT2D eigenvalue weighted by molar-refractivity contribution is 1.11. The van der Waals surface area contributed by atoms with Crippen molar-refractivity contribution >= 4 is 11.0 Å². The lowest BCUT2D eigenvalue weighted by Crippen LogP contribution is -1.99. The largest absolute Gasteiger partial charge is 0.291 e. The Bertz CT molecular complexity index is 2690. The second-order valence-electron chi connectivity index (χ2n) is 12.9. The van der Waals surface area contributed by atoms with Crippen molar-refractivity contribution in [1.82, 2.24) is 19.5 Å². The molecule has 2 aromatic heterocycles. The number of aromatic nitrogens is 4. The molecular formula is C47H30N4. The maximum Gasteiger partial charge on any atom is 0.160 e. The Balaban J connectivity index is 1.11. The summed E-state index contributed by atoms with van der Waals surface area (Å²) in [6, 6.07) is 63.7. The first kappa shape index (κ1) is 29.0. The normalized spacial score (nSPS) is 11.5. The van der Waals surface area contributed by atoms with E-state index in [1.807, 2.05) is 36.4 Å². The number of hydrogen-bond acceptors (Lipinski definition) is 3. The quantitative estimate of drug-likeness (QED) is 0.186. The van der Waals surface area contributed by atoms with Gasteiger partial charge >= 0.3 is 0 Å². The monoisotopic (exact) mass is 650 g/mol. The summed E-state index contributed by atoms with van der Waals surface area (Å²) in [6.45, 7) is 0. The molecule has 1 aliphatic heterocycles. The molecule has 0 fully saturated rings. The summed E-state index contributed by atoms with van der Waals surface area (Å²) in [7, 11) is 0. The van der Waals surface area contributed by atoms with Crippen LogP contribution in [0.3, 0.4) is 0 Å². The van der Waals surface area contributed by atoms with Crippen molar-refractivity contribution in [1.29, 1.82) is 0 Å². The van der Waals surface area contributed by atoms with Crippen molar-refractivity contribution in [2.24, 2.45) is 0 Å². The average Bonchev–Trinajstić information content (AvgIpc) is 3.56. The molecule has 9 aromatic rings. The number of benzene rings is 7. The molecule has 4 heteroatoms. The fourth-order valence-corrected chi connectivity index (χ4v) is 7.39. The van der Waals surface area contributed by atoms with Crippen LogP contribution in [0.5, 0.6) is 0 Å². The maximum atomic E-state index is 5.29. The van der Waals surface area contributed by atoms with E-state index in [-0.39, 0.29) is 0 Å². The lowest BCUT2D eigenvalue weighted by Gasteiger charge is -2.14. The highest BCUT2D eigenvalue weighted by Crippen LogP contribution is 2.45. The van der Waals surface area contributed by atoms with E-state index in [1.165, 1.54) is 22.3 Å². The zero-order valence-corrected chi connectivity index (χ0v) is 27.6. The molecule has 0 spiro atoms. The Morgan fingerprint density at radius 1 is 0.333 bits per heavy atom. The first-order chi connectivity index (χ1) is 25.3. The average molecular weight is 651 g/mol. The van der Waals surface area contributed by atoms with Gasteiger partial charge in [-0.3, -0.25) is 4.57 Å². The molecule has 238 valence electrons. The zero-order valence-electron chi connectivity index (χ0n) is 27.6. The standard InChI is InChI=1S/C47H30N4/c1-3-14-31(15-4-1)42-30-43(32-16-5-2-6-17-32)49-46(48-42)35-20-11-18-33(28-35)34-19-12-21-36(29-34)47-50-41-26-13-25-40-38-23-8-7-22-37(38)39-24-9-10-27-44(39)51(47)45(40)41/h1-30H. The van der Waals surface area contributed by atoms with E-state index < -0.39 is 0 Å². The van der Waals surface area contributed by atoms with E-state index in [0.717, 1.165) is 67.3 Å². The van der Waals surface area contributed by atoms with Crippen molar-refractivity contribution in [3.63, 3.8) is 0 Å². The van der Waals surface area contributed by atoms with Crippen LogP contribution in [0.4, 0.5) is 0 Å². The smallest absolute Gasteiger partial charge is 0.160 e. The number of para-hydroxylation sites is 2. The minimum absolute atomic E-state index is 0.692. The first-order valence-corrected chi connectivity index (χ1v) is 17.2. The summed E-state index contributed by atoms with van der Waals surface area (Å²) in [6.07, 6.45) is 0. The molecule has 3 heterocycles. The summed E-state index contributed by atoms with van der Waals surface area (Å²) in [5, 5.41) is 0. The fraction of sp³-hybridized carbons (Fsp3) is 0. The van der Waals surface area contributed by atoms with Gasteiger partial charge in [0.25, 0.3) is 0 Å². The van der Waals surface area contributed by atoms with Gasteiger partial charge in [-0.15, -0.1) is 0 Å². The van der Waals surface area contributed by atoms with Crippen LogP contribution in [-0.2, 0) is 0 Å². The van der Waals surface area contributed by atoms with Gasteiger partial charge in [-0.2, -0.15) is 0 Å². The van der Waals surface area contributed by atoms with Gasteiger partial charge in [0.1, 0.15) is 5.82 Å². The van der Waals surface area contributed by atoms with Crippen molar-refractivity contribution < 1.29 is 0 Å². The Kier molecular flexibility index (Phi) is 6.78. The van der Waals surface area contributed by atoms with Crippen LogP contribution >= 0.6 is 0 Å². The van der Waals surface area contributed by atoms with Crippen molar-refractivity contribution in [2.75, 3.05) is 0 Å². The van der Waals surface area contributed by atoms with Crippen molar-refractivity contribution in [2.45, 2.75) is 0 Å². The summed E-state index contributed by atoms with van der Waals surface area (Å²) < 4.78 is 2.35. The van der Waals surface area contributed by atoms with Gasteiger partial charge in [0.2, 0.25) is 0 Å². The Labute approximate surface area is 296 Å². The van der Waals surface area contributed by atoms with E-state index in [1.54, 1.807) is 0 Å². The van der Waals surface area contributed by atoms with Gasteiger partial charge in [-0.05, 0) is 52.6 Å². The molecule has 1 aliphatic rings. The van der Waals surface area contributed by atoms with Gasteiger partial charge in [-0.1, -0.05) is 152 Å². The van der Waals surface area contributed by atoms with Crippen LogP contribution in [0.2, 0.25) is 0 Å². The molecule has 10 rings (SSSR count). The molecule has 0 atom stereocenters. The van der Waals surface area contributed by atoms with Gasteiger partial charge in [0, 0.05) is 33.4 Å². The molecule has 0 aliphatic carbocycles. The van der Waals surface area contributed by atoms with Gasteiger partial charge in [0.05, 0.1) is 28.1 Å². The molecule has 0 saturated carbocycles. The van der Waals surface area contributed by atoms with E-state index in [0.29, 0.717) is 5.82 Å². The summed E-state index contributed by atoms with van der Waals surface area (Å²) in [5.41, 5.74) is 16.2. The van der Waals surface area contributed by atoms with Crippen molar-refractivity contribution in [3.05, 3.63) is 182 Å². The number of hydrogen-bond donors (Lipinski definition) is 0. The lowest BCUT2D eigenvalue weighted by atomic mass is 9.94. The molecule has 0 unspecified atom stereocenters. The van der Waals surface area contributed by atoms with Gasteiger partial charge < -0.3 is 0 Å². The van der Waals surface area contributed by atoms with Crippen LogP contribution in [0.1, 0.15) is 0 Å². The SMILES string of the molecule is c1ccc(-c2cc(-c3ccccc3)nc(-c3cccc(-c4cccc(-c5nc6cccc7c6n5-c5ccccc5-c5ccccc5-7)c4)c3)n2)cc1. The third kappa shape index (κ3) is 4.96. The number of rotatable bonds is 5. The fourth-order valence-electron chi connectivity index (χ4n) is 7.39. The highest BCUT2D eigenvalue weighted by Gasteiger charge is 2.25. The molecule has 51 heavy (non-hydrogen) atoms. The van der Waals surface area contributed by atoms with Crippen LogP contribution < -0.4 is 0 Å². The van der Waals surface area contributed by atoms with Gasteiger partial charge in [-0.25, -0.2) is 15.0 Å². The molecule has 0 radical (unpaired) electrons. The van der Waals surface area contributed by atoms with E-state index >= 15 is 0 Å². The van der Waals surface area contributed by atoms with Crippen LogP contribution in [0.15, 0.2) is 182 Å². The van der Waals surface area contributed by atoms with Crippen LogP contribution in [0.25, 0.3) is 95.4 Å². The van der Waals surface area contributed by atoms with E-state index in [4.69, 9.17) is 15.0 Å². The maximum absolute atomic E-state index is 5.29. The van der Waals surface area contributed by atoms with Crippen molar-refractivity contribution in [3.8, 4) is 84.4 Å². The molecule has 0 N–H and O–H groups in total. The number of fused-ring (bicyclic) bond motifs is 5. The topological polar surface area (TPSA) is 43.6 Å². The summed E-state index contributed by atoms with van der Waals surface area (Å²) >= 11 is 0. The van der Waals surface area contributed by atoms with E-state index in [9.17, 15) is 0 Å². The first-order valence-electron chi connectivity index (χ1n) is 17.2. The van der Waals surface area contributed by atoms with Gasteiger partial charge in [0.15, 0.2) is 5.82 Å². The minimum Gasteiger partial charge on any atom is -0.291 e. The molecule has 0 saturated heterocycles. The summed E-state index contributed by atoms with van der Waals surface area (Å²) in [5.74, 6) is 1.61. The van der Waals surface area contributed by atoms with Crippen LogP contribution in [-0.4, -0.2) is 19.5 Å². The second kappa shape index (κ2) is 11.9. The molecule has 7 aromatic carbocycles. The number of imidazole rings is 1. The third-order valence-corrected chi connectivity index (χ3v) is 9.77. The highest BCUT2D eigenvalue weighted by atomic mass is 15.1. The summed E-state index contributed by atoms with van der Waals surface area (Å²) in [4.78, 5) is 15.5. The zero-order chi connectivity index (χ0) is 33.7. The van der Waals surface area contributed by atoms with Crippen LogP contribution in [0, 0.1) is 0 Å². The Morgan fingerprint density at radius 2 is 0.824 bits per heavy atom. The predicted molar refractivity (Wildman–Crippen MR) is 208 cm³/mol.